The number of sulfone groups is 1. The Bertz CT molecular complexity index is 543. The van der Waals surface area contributed by atoms with Gasteiger partial charge >= 0.3 is 5.97 Å². The van der Waals surface area contributed by atoms with Crippen molar-refractivity contribution in [2.75, 3.05) is 11.5 Å². The summed E-state index contributed by atoms with van der Waals surface area (Å²) >= 11 is 3.15. The molecule has 0 spiro atoms. The van der Waals surface area contributed by atoms with E-state index in [1.54, 1.807) is 18.3 Å². The zero-order valence-electron chi connectivity index (χ0n) is 8.80. The van der Waals surface area contributed by atoms with Crippen LogP contribution in [-0.2, 0) is 14.6 Å². The number of carbonyl (C=O) groups excluding carboxylic acids is 1. The maximum absolute atomic E-state index is 11.7. The van der Waals surface area contributed by atoms with Crippen LogP contribution in [0.15, 0.2) is 22.9 Å². The van der Waals surface area contributed by atoms with Crippen LogP contribution in [0.4, 0.5) is 0 Å². The van der Waals surface area contributed by atoms with Crippen molar-refractivity contribution in [3.05, 3.63) is 22.9 Å². The Morgan fingerprint density at radius 3 is 2.88 bits per heavy atom. The minimum Gasteiger partial charge on any atom is -0.423 e. The summed E-state index contributed by atoms with van der Waals surface area (Å²) < 4.78 is 28.0. The molecule has 0 N–H and O–H groups in total. The fourth-order valence-electron chi connectivity index (χ4n) is 1.62. The Labute approximate surface area is 107 Å². The topological polar surface area (TPSA) is 73.3 Å². The van der Waals surface area contributed by atoms with Crippen LogP contribution in [0.25, 0.3) is 0 Å². The first-order valence-electron chi connectivity index (χ1n) is 5.00. The van der Waals surface area contributed by atoms with Crippen LogP contribution < -0.4 is 4.74 Å². The number of carbonyl (C=O) groups is 1. The lowest BCUT2D eigenvalue weighted by atomic mass is 10.1. The molecule has 1 unspecified atom stereocenters. The Kier molecular flexibility index (Phi) is 3.48. The number of hydrogen-bond donors (Lipinski definition) is 0. The van der Waals surface area contributed by atoms with Crippen LogP contribution in [0, 0.1) is 5.92 Å². The largest absolute Gasteiger partial charge is 0.423 e. The zero-order chi connectivity index (χ0) is 12.5. The second kappa shape index (κ2) is 4.73. The van der Waals surface area contributed by atoms with Gasteiger partial charge in [-0.2, -0.15) is 0 Å². The van der Waals surface area contributed by atoms with Crippen LogP contribution >= 0.6 is 15.9 Å². The molecule has 2 rings (SSSR count). The van der Waals surface area contributed by atoms with Gasteiger partial charge in [-0.3, -0.25) is 4.79 Å². The predicted octanol–water partition coefficient (Wildman–Crippen LogP) is 1.18. The lowest BCUT2D eigenvalue weighted by Crippen LogP contribution is -2.21. The SMILES string of the molecule is O=C(Oc1cccnc1Br)C1CCS(=O)(=O)C1. The molecule has 5 nitrogen and oxygen atoms in total. The van der Waals surface area contributed by atoms with E-state index in [9.17, 15) is 13.2 Å². The molecule has 1 aliphatic rings. The third-order valence-electron chi connectivity index (χ3n) is 2.50. The molecule has 17 heavy (non-hydrogen) atoms. The number of esters is 1. The minimum atomic E-state index is -3.07. The third kappa shape index (κ3) is 3.04. The van der Waals surface area contributed by atoms with Gasteiger partial charge in [-0.1, -0.05) is 0 Å². The highest BCUT2D eigenvalue weighted by Gasteiger charge is 2.34. The van der Waals surface area contributed by atoms with Crippen molar-refractivity contribution in [1.29, 1.82) is 0 Å². The van der Waals surface area contributed by atoms with E-state index >= 15 is 0 Å². The fraction of sp³-hybridized carbons (Fsp3) is 0.400. The lowest BCUT2D eigenvalue weighted by molar-refractivity contribution is -0.138. The van der Waals surface area contributed by atoms with Gasteiger partial charge in [0.05, 0.1) is 17.4 Å². The van der Waals surface area contributed by atoms with E-state index in [2.05, 4.69) is 20.9 Å². The molecule has 0 saturated carbocycles. The summed E-state index contributed by atoms with van der Waals surface area (Å²) in [6.45, 7) is 0. The summed E-state index contributed by atoms with van der Waals surface area (Å²) in [6.07, 6.45) is 1.89. The van der Waals surface area contributed by atoms with E-state index in [1.165, 1.54) is 0 Å². The number of pyridine rings is 1. The molecule has 0 aliphatic carbocycles. The molecule has 7 heteroatoms. The number of halogens is 1. The number of aromatic nitrogens is 1. The summed E-state index contributed by atoms with van der Waals surface area (Å²) in [5.74, 6) is -0.835. The first-order valence-corrected chi connectivity index (χ1v) is 7.62. The Balaban J connectivity index is 2.06. The molecule has 1 fully saturated rings. The fourth-order valence-corrected chi connectivity index (χ4v) is 3.68. The molecule has 2 heterocycles. The van der Waals surface area contributed by atoms with E-state index in [0.29, 0.717) is 16.8 Å². The average molecular weight is 320 g/mol. The van der Waals surface area contributed by atoms with E-state index in [1.807, 2.05) is 0 Å². The highest BCUT2D eigenvalue weighted by atomic mass is 79.9. The smallest absolute Gasteiger partial charge is 0.315 e. The molecular formula is C10H10BrNO4S. The van der Waals surface area contributed by atoms with Gasteiger partial charge in [0.25, 0.3) is 0 Å². The summed E-state index contributed by atoms with van der Waals surface area (Å²) in [7, 11) is -3.07. The molecular weight excluding hydrogens is 310 g/mol. The van der Waals surface area contributed by atoms with Crippen molar-refractivity contribution >= 4 is 31.7 Å². The van der Waals surface area contributed by atoms with Crippen LogP contribution in [0.3, 0.4) is 0 Å². The van der Waals surface area contributed by atoms with E-state index in [0.717, 1.165) is 0 Å². The number of ether oxygens (including phenoxy) is 1. The molecule has 0 aromatic carbocycles. The first kappa shape index (κ1) is 12.5. The Morgan fingerprint density at radius 1 is 1.53 bits per heavy atom. The first-order chi connectivity index (χ1) is 7.98. The zero-order valence-corrected chi connectivity index (χ0v) is 11.2. The van der Waals surface area contributed by atoms with Gasteiger partial charge in [0.1, 0.15) is 4.60 Å². The van der Waals surface area contributed by atoms with E-state index in [4.69, 9.17) is 4.74 Å². The van der Waals surface area contributed by atoms with Gasteiger partial charge in [-0.15, -0.1) is 0 Å². The second-order valence-corrected chi connectivity index (χ2v) is 6.79. The monoisotopic (exact) mass is 319 g/mol. The molecule has 1 aromatic rings. The molecule has 0 bridgehead atoms. The normalized spacial score (nSPS) is 22.3. The van der Waals surface area contributed by atoms with Gasteiger partial charge in [0.15, 0.2) is 15.6 Å². The number of nitrogens with zero attached hydrogens (tertiary/aromatic N) is 1. The minimum absolute atomic E-state index is 0.0565. The molecule has 92 valence electrons. The molecule has 1 atom stereocenters. The van der Waals surface area contributed by atoms with Gasteiger partial charge in [0.2, 0.25) is 0 Å². The Hall–Kier alpha value is -0.950. The van der Waals surface area contributed by atoms with Crippen molar-refractivity contribution in [2.24, 2.45) is 5.92 Å². The summed E-state index contributed by atoms with van der Waals surface area (Å²) in [6, 6.07) is 3.23. The van der Waals surface area contributed by atoms with Crippen LogP contribution in [0.5, 0.6) is 5.75 Å². The summed E-state index contributed by atoms with van der Waals surface area (Å²) in [5.41, 5.74) is 0. The lowest BCUT2D eigenvalue weighted by Gasteiger charge is -2.08. The number of rotatable bonds is 2. The second-order valence-electron chi connectivity index (χ2n) is 3.81. The third-order valence-corrected chi connectivity index (χ3v) is 4.86. The quantitative estimate of drug-likeness (QED) is 0.604. The van der Waals surface area contributed by atoms with Crippen molar-refractivity contribution in [1.82, 2.24) is 4.98 Å². The summed E-state index contributed by atoms with van der Waals surface area (Å²) in [4.78, 5) is 15.6. The van der Waals surface area contributed by atoms with Crippen molar-refractivity contribution in [3.8, 4) is 5.75 Å². The van der Waals surface area contributed by atoms with Crippen molar-refractivity contribution in [3.63, 3.8) is 0 Å². The summed E-state index contributed by atoms with van der Waals surface area (Å²) in [5, 5.41) is 0. The molecule has 1 saturated heterocycles. The number of hydrogen-bond acceptors (Lipinski definition) is 5. The maximum atomic E-state index is 11.7. The van der Waals surface area contributed by atoms with Gasteiger partial charge in [-0.25, -0.2) is 13.4 Å². The Morgan fingerprint density at radius 2 is 2.29 bits per heavy atom. The van der Waals surface area contributed by atoms with Crippen molar-refractivity contribution in [2.45, 2.75) is 6.42 Å². The highest BCUT2D eigenvalue weighted by Crippen LogP contribution is 2.25. The van der Waals surface area contributed by atoms with Gasteiger partial charge in [-0.05, 0) is 34.5 Å². The average Bonchev–Trinajstić information content (AvgIpc) is 2.62. The van der Waals surface area contributed by atoms with Gasteiger partial charge in [0, 0.05) is 6.20 Å². The molecule has 0 amide bonds. The molecule has 0 radical (unpaired) electrons. The van der Waals surface area contributed by atoms with Crippen LogP contribution in [-0.4, -0.2) is 30.9 Å². The molecule has 1 aliphatic heterocycles. The predicted molar refractivity (Wildman–Crippen MR) is 64.3 cm³/mol. The van der Waals surface area contributed by atoms with Crippen LogP contribution in [0.1, 0.15) is 6.42 Å². The van der Waals surface area contributed by atoms with E-state index < -0.39 is 21.7 Å². The van der Waals surface area contributed by atoms with E-state index in [-0.39, 0.29) is 11.5 Å². The highest BCUT2D eigenvalue weighted by molar-refractivity contribution is 9.10. The molecule has 1 aromatic heterocycles. The van der Waals surface area contributed by atoms with Gasteiger partial charge < -0.3 is 4.74 Å². The maximum Gasteiger partial charge on any atom is 0.315 e. The van der Waals surface area contributed by atoms with Crippen molar-refractivity contribution < 1.29 is 17.9 Å². The van der Waals surface area contributed by atoms with Crippen LogP contribution in [0.2, 0.25) is 0 Å². The standard InChI is InChI=1S/C10H10BrNO4S/c11-9-8(2-1-4-12-9)16-10(13)7-3-5-17(14,15)6-7/h1-2,4,7H,3,5-6H2.